The van der Waals surface area contributed by atoms with E-state index in [0.717, 1.165) is 102 Å². The summed E-state index contributed by atoms with van der Waals surface area (Å²) in [4.78, 5) is 73.0. The molecule has 17 nitrogen and oxygen atoms in total. The van der Waals surface area contributed by atoms with Gasteiger partial charge in [-0.3, -0.25) is 37.3 Å². The van der Waals surface area contributed by atoms with Crippen molar-refractivity contribution >= 4 is 39.5 Å². The number of phosphoric acid groups is 2. The van der Waals surface area contributed by atoms with Gasteiger partial charge in [-0.1, -0.05) is 388 Å². The molecule has 0 bridgehead atoms. The lowest BCUT2D eigenvalue weighted by atomic mass is 9.99. The van der Waals surface area contributed by atoms with Crippen LogP contribution in [0.4, 0.5) is 0 Å². The molecule has 0 aromatic rings. The fraction of sp³-hybridized carbons (Fsp3) is 0.952. The van der Waals surface area contributed by atoms with Crippen molar-refractivity contribution in [3.05, 3.63) is 0 Å². The van der Waals surface area contributed by atoms with Crippen LogP contribution in [0.5, 0.6) is 0 Å². The number of ether oxygens (including phenoxy) is 4. The molecule has 0 aliphatic carbocycles. The Hall–Kier alpha value is -1.94. The van der Waals surface area contributed by atoms with Gasteiger partial charge in [-0.05, 0) is 37.5 Å². The molecule has 0 saturated carbocycles. The van der Waals surface area contributed by atoms with Crippen molar-refractivity contribution < 1.29 is 80.2 Å². The molecule has 3 N–H and O–H groups in total. The molecule has 102 heavy (non-hydrogen) atoms. The lowest BCUT2D eigenvalue weighted by molar-refractivity contribution is -0.161. The van der Waals surface area contributed by atoms with Gasteiger partial charge in [0.1, 0.15) is 19.3 Å². The lowest BCUT2D eigenvalue weighted by Gasteiger charge is -2.21. The second-order valence-corrected chi connectivity index (χ2v) is 33.5. The van der Waals surface area contributed by atoms with Gasteiger partial charge in [-0.25, -0.2) is 9.13 Å². The van der Waals surface area contributed by atoms with Crippen molar-refractivity contribution in [2.75, 3.05) is 39.6 Å². The third-order valence-corrected chi connectivity index (χ3v) is 21.7. The average Bonchev–Trinajstić information content (AvgIpc) is 0.993. The quantitative estimate of drug-likeness (QED) is 0.0222. The minimum Gasteiger partial charge on any atom is -0.462 e. The fourth-order valence-electron chi connectivity index (χ4n) is 12.9. The Balaban J connectivity index is 5.20. The first-order valence-corrected chi connectivity index (χ1v) is 46.0. The number of rotatable bonds is 82. The Kier molecular flexibility index (Phi) is 73.1. The van der Waals surface area contributed by atoms with Crippen molar-refractivity contribution in [2.24, 2.45) is 11.8 Å². The molecular weight excluding hydrogens is 1330 g/mol. The van der Waals surface area contributed by atoms with Gasteiger partial charge in [0, 0.05) is 25.7 Å². The normalized spacial score (nSPS) is 14.1. The molecule has 606 valence electrons. The maximum atomic E-state index is 13.1. The van der Waals surface area contributed by atoms with Gasteiger partial charge in [-0.2, -0.15) is 0 Å². The molecule has 0 amide bonds. The molecule has 19 heteroatoms. The van der Waals surface area contributed by atoms with Gasteiger partial charge in [0.05, 0.1) is 26.4 Å². The lowest BCUT2D eigenvalue weighted by Crippen LogP contribution is -2.30. The highest BCUT2D eigenvalue weighted by molar-refractivity contribution is 7.47. The van der Waals surface area contributed by atoms with Gasteiger partial charge >= 0.3 is 39.5 Å². The van der Waals surface area contributed by atoms with Crippen LogP contribution in [0.3, 0.4) is 0 Å². The van der Waals surface area contributed by atoms with Gasteiger partial charge in [0.15, 0.2) is 12.2 Å². The van der Waals surface area contributed by atoms with E-state index < -0.39 is 97.5 Å². The molecule has 0 rings (SSSR count). The highest BCUT2D eigenvalue weighted by Crippen LogP contribution is 2.45. The van der Waals surface area contributed by atoms with E-state index in [-0.39, 0.29) is 25.7 Å². The minimum atomic E-state index is -4.96. The molecule has 3 unspecified atom stereocenters. The van der Waals surface area contributed by atoms with Gasteiger partial charge < -0.3 is 33.8 Å². The van der Waals surface area contributed by atoms with Crippen molar-refractivity contribution in [1.82, 2.24) is 0 Å². The van der Waals surface area contributed by atoms with Gasteiger partial charge in [-0.15, -0.1) is 0 Å². The first-order chi connectivity index (χ1) is 49.4. The van der Waals surface area contributed by atoms with E-state index in [1.807, 2.05) is 0 Å². The van der Waals surface area contributed by atoms with Crippen molar-refractivity contribution in [1.29, 1.82) is 0 Å². The monoisotopic (exact) mass is 1490 g/mol. The molecule has 0 spiro atoms. The molecular formula is C83H162O17P2. The van der Waals surface area contributed by atoms with Gasteiger partial charge in [0.2, 0.25) is 0 Å². The highest BCUT2D eigenvalue weighted by atomic mass is 31.2. The van der Waals surface area contributed by atoms with Crippen LogP contribution in [-0.2, 0) is 65.4 Å². The van der Waals surface area contributed by atoms with Crippen molar-refractivity contribution in [2.45, 2.75) is 458 Å². The summed E-state index contributed by atoms with van der Waals surface area (Å²) in [6.07, 6.45) is 65.1. The van der Waals surface area contributed by atoms with Crippen molar-refractivity contribution in [3.63, 3.8) is 0 Å². The number of carbonyl (C=O) groups excluding carboxylic acids is 4. The zero-order valence-electron chi connectivity index (χ0n) is 66.9. The van der Waals surface area contributed by atoms with Crippen LogP contribution >= 0.6 is 15.6 Å². The van der Waals surface area contributed by atoms with Crippen LogP contribution in [0, 0.1) is 11.8 Å². The maximum absolute atomic E-state index is 13.1. The molecule has 0 saturated heterocycles. The Morgan fingerprint density at radius 3 is 0.745 bits per heavy atom. The molecule has 6 atom stereocenters. The number of aliphatic hydroxyl groups is 1. The van der Waals surface area contributed by atoms with E-state index in [1.165, 1.54) is 257 Å². The zero-order valence-corrected chi connectivity index (χ0v) is 68.7. The summed E-state index contributed by atoms with van der Waals surface area (Å²) in [5.41, 5.74) is 0. The molecule has 0 aromatic carbocycles. The van der Waals surface area contributed by atoms with E-state index in [0.29, 0.717) is 25.7 Å². The molecule has 0 aromatic heterocycles. The summed E-state index contributed by atoms with van der Waals surface area (Å²) in [6, 6.07) is 0. The van der Waals surface area contributed by atoms with E-state index >= 15 is 0 Å². The number of esters is 4. The SMILES string of the molecule is CCCCCCCCCCCCCC(=O)OC[C@H](COP(=O)(O)OC[C@H](O)COP(=O)(O)OC[C@@H](COC(=O)CCCCCCCCCCCCCCCCCC(C)C)OC(=O)CCCCCCCCCCCCCCCCCCCCC(C)CC)OC(=O)CCCCCCCCCCCCC. The largest absolute Gasteiger partial charge is 0.472 e. The van der Waals surface area contributed by atoms with Gasteiger partial charge in [0.25, 0.3) is 0 Å². The second kappa shape index (κ2) is 74.5. The van der Waals surface area contributed by atoms with Crippen molar-refractivity contribution in [3.8, 4) is 0 Å². The standard InChI is InChI=1S/C83H162O17P2/c1-7-10-12-14-16-18-33-41-47-53-59-65-80(85)93-71-78(99-82(87)67-61-55-49-43-34-19-17-15-13-11-8-2)73-97-101(89,90)95-69-77(84)70-96-102(91,92)98-74-79(72-94-81(86)66-60-54-48-42-37-31-28-24-25-29-35-39-45-51-57-63-75(4)5)100-83(88)68-62-56-50-44-38-32-27-23-21-20-22-26-30-36-40-46-52-58-64-76(6)9-3/h75-79,84H,7-74H2,1-6H3,(H,89,90)(H,91,92)/t76?,77-,78+,79+/m0/s1. The number of unbranched alkanes of at least 4 members (excludes halogenated alkanes) is 51. The number of hydrogen-bond acceptors (Lipinski definition) is 15. The Labute approximate surface area is 626 Å². The van der Waals surface area contributed by atoms with Crippen LogP contribution < -0.4 is 0 Å². The Morgan fingerprint density at radius 2 is 0.500 bits per heavy atom. The Bertz CT molecular complexity index is 1960. The summed E-state index contributed by atoms with van der Waals surface area (Å²) < 4.78 is 68.7. The van der Waals surface area contributed by atoms with E-state index in [4.69, 9.17) is 37.0 Å². The third kappa shape index (κ3) is 74.9. The molecule has 0 aliphatic heterocycles. The summed E-state index contributed by atoms with van der Waals surface area (Å²) >= 11 is 0. The van der Waals surface area contributed by atoms with Crippen LogP contribution in [-0.4, -0.2) is 96.7 Å². The fourth-order valence-corrected chi connectivity index (χ4v) is 14.4. The summed E-state index contributed by atoms with van der Waals surface area (Å²) in [5, 5.41) is 10.6. The third-order valence-electron chi connectivity index (χ3n) is 19.8. The molecule has 0 radical (unpaired) electrons. The van der Waals surface area contributed by atoms with Crippen LogP contribution in [0.1, 0.15) is 440 Å². The first kappa shape index (κ1) is 100. The van der Waals surface area contributed by atoms with Crippen LogP contribution in [0.15, 0.2) is 0 Å². The van der Waals surface area contributed by atoms with E-state index in [2.05, 4.69) is 41.5 Å². The smallest absolute Gasteiger partial charge is 0.462 e. The van der Waals surface area contributed by atoms with E-state index in [1.54, 1.807) is 0 Å². The summed E-state index contributed by atoms with van der Waals surface area (Å²) in [6.45, 7) is 9.73. The van der Waals surface area contributed by atoms with Crippen LogP contribution in [0.25, 0.3) is 0 Å². The number of hydrogen-bond donors (Lipinski definition) is 3. The predicted octanol–water partition coefficient (Wildman–Crippen LogP) is 25.1. The molecule has 0 aliphatic rings. The molecule has 0 heterocycles. The predicted molar refractivity (Wildman–Crippen MR) is 418 cm³/mol. The maximum Gasteiger partial charge on any atom is 0.472 e. The molecule has 0 fully saturated rings. The van der Waals surface area contributed by atoms with Crippen LogP contribution in [0.2, 0.25) is 0 Å². The second-order valence-electron chi connectivity index (χ2n) is 30.6. The zero-order chi connectivity index (χ0) is 74.9. The summed E-state index contributed by atoms with van der Waals surface area (Å²) in [5.74, 6) is -0.428. The number of carbonyl (C=O) groups is 4. The average molecular weight is 1490 g/mol. The number of aliphatic hydroxyl groups excluding tert-OH is 1. The summed E-state index contributed by atoms with van der Waals surface area (Å²) in [7, 11) is -9.92. The highest BCUT2D eigenvalue weighted by Gasteiger charge is 2.30. The first-order valence-electron chi connectivity index (χ1n) is 43.0. The Morgan fingerprint density at radius 1 is 0.284 bits per heavy atom. The topological polar surface area (TPSA) is 237 Å². The van der Waals surface area contributed by atoms with E-state index in [9.17, 15) is 43.2 Å². The minimum absolute atomic E-state index is 0.107. The number of phosphoric ester groups is 2.